The highest BCUT2D eigenvalue weighted by Gasteiger charge is 2.32. The van der Waals surface area contributed by atoms with Gasteiger partial charge in [-0.05, 0) is 50.3 Å². The topological polar surface area (TPSA) is 69.7 Å². The van der Waals surface area contributed by atoms with E-state index < -0.39 is 10.0 Å². The maximum Gasteiger partial charge on any atom is 0.252 e. The number of amides is 1. The Morgan fingerprint density at radius 1 is 1.11 bits per heavy atom. The Labute approximate surface area is 171 Å². The number of rotatable bonds is 5. The third-order valence-corrected chi connectivity index (χ3v) is 8.49. The molecule has 0 aliphatic carbocycles. The van der Waals surface area contributed by atoms with Gasteiger partial charge in [0.05, 0.1) is 6.04 Å². The minimum Gasteiger partial charge on any atom is -0.324 e. The molecule has 1 saturated heterocycles. The van der Waals surface area contributed by atoms with E-state index in [9.17, 15) is 13.2 Å². The number of thiophene rings is 1. The Bertz CT molecular complexity index is 924. The SMILES string of the molecule is Cc1cc(C)c(NC(=O)[C@@H](C)N2CCN(S(=O)(=O)c3cccs3)CC2)c(C)c1. The first-order valence-corrected chi connectivity index (χ1v) is 11.7. The minimum atomic E-state index is -3.43. The van der Waals surface area contributed by atoms with Crippen LogP contribution in [0, 0.1) is 20.8 Å². The van der Waals surface area contributed by atoms with E-state index in [0.29, 0.717) is 30.4 Å². The summed E-state index contributed by atoms with van der Waals surface area (Å²) in [6.07, 6.45) is 0. The van der Waals surface area contributed by atoms with Crippen LogP contribution in [0.5, 0.6) is 0 Å². The zero-order valence-corrected chi connectivity index (χ0v) is 18.4. The summed E-state index contributed by atoms with van der Waals surface area (Å²) in [6, 6.07) is 7.17. The van der Waals surface area contributed by atoms with Crippen LogP contribution in [0.3, 0.4) is 0 Å². The van der Waals surface area contributed by atoms with Crippen LogP contribution in [0.15, 0.2) is 33.9 Å². The molecule has 1 aromatic carbocycles. The van der Waals surface area contributed by atoms with Crippen molar-refractivity contribution in [3.63, 3.8) is 0 Å². The molecule has 1 atom stereocenters. The summed E-state index contributed by atoms with van der Waals surface area (Å²) in [5, 5.41) is 4.82. The van der Waals surface area contributed by atoms with Crippen molar-refractivity contribution < 1.29 is 13.2 Å². The van der Waals surface area contributed by atoms with Crippen LogP contribution in [0.25, 0.3) is 0 Å². The highest BCUT2D eigenvalue weighted by atomic mass is 32.2. The van der Waals surface area contributed by atoms with Gasteiger partial charge in [0, 0.05) is 31.9 Å². The van der Waals surface area contributed by atoms with Gasteiger partial charge >= 0.3 is 0 Å². The largest absolute Gasteiger partial charge is 0.324 e. The summed E-state index contributed by atoms with van der Waals surface area (Å²) in [7, 11) is -3.43. The fraction of sp³-hybridized carbons (Fsp3) is 0.450. The lowest BCUT2D eigenvalue weighted by molar-refractivity contribution is -0.121. The lowest BCUT2D eigenvalue weighted by Gasteiger charge is -2.36. The molecule has 1 aliphatic rings. The summed E-state index contributed by atoms with van der Waals surface area (Å²) in [5.74, 6) is -0.0652. The van der Waals surface area contributed by atoms with Crippen molar-refractivity contribution in [2.75, 3.05) is 31.5 Å². The minimum absolute atomic E-state index is 0.0652. The third kappa shape index (κ3) is 4.30. The van der Waals surface area contributed by atoms with Crippen molar-refractivity contribution in [2.45, 2.75) is 37.9 Å². The number of nitrogens with one attached hydrogen (secondary N) is 1. The Morgan fingerprint density at radius 2 is 1.71 bits per heavy atom. The fourth-order valence-corrected chi connectivity index (χ4v) is 6.21. The molecule has 0 radical (unpaired) electrons. The highest BCUT2D eigenvalue weighted by Crippen LogP contribution is 2.24. The molecule has 1 amide bonds. The molecule has 0 bridgehead atoms. The predicted octanol–water partition coefficient (Wildman–Crippen LogP) is 3.01. The maximum atomic E-state index is 12.8. The molecule has 1 aliphatic heterocycles. The van der Waals surface area contributed by atoms with E-state index in [-0.39, 0.29) is 11.9 Å². The van der Waals surface area contributed by atoms with Gasteiger partial charge in [-0.2, -0.15) is 4.31 Å². The molecular formula is C20H27N3O3S2. The Kier molecular flexibility index (Phi) is 6.24. The first-order chi connectivity index (χ1) is 13.2. The molecule has 0 unspecified atom stereocenters. The standard InChI is InChI=1S/C20H27N3O3S2/c1-14-12-15(2)19(16(3)13-14)21-20(24)17(4)22-7-9-23(10-8-22)28(25,26)18-6-5-11-27-18/h5-6,11-13,17H,7-10H2,1-4H3,(H,21,24)/t17-/m1/s1. The van der Waals surface area contributed by atoms with E-state index >= 15 is 0 Å². The molecule has 28 heavy (non-hydrogen) atoms. The number of sulfonamides is 1. The van der Waals surface area contributed by atoms with Gasteiger partial charge in [-0.25, -0.2) is 8.42 Å². The number of hydrogen-bond acceptors (Lipinski definition) is 5. The first-order valence-electron chi connectivity index (χ1n) is 9.36. The van der Waals surface area contributed by atoms with Crippen molar-refractivity contribution in [1.29, 1.82) is 0 Å². The molecule has 8 heteroatoms. The van der Waals surface area contributed by atoms with Crippen molar-refractivity contribution in [2.24, 2.45) is 0 Å². The Hall–Kier alpha value is -1.74. The van der Waals surface area contributed by atoms with E-state index in [4.69, 9.17) is 0 Å². The first kappa shape index (κ1) is 21.0. The molecular weight excluding hydrogens is 394 g/mol. The quantitative estimate of drug-likeness (QED) is 0.806. The second kappa shape index (κ2) is 8.32. The van der Waals surface area contributed by atoms with Gasteiger partial charge in [0.25, 0.3) is 10.0 Å². The zero-order chi connectivity index (χ0) is 20.5. The average molecular weight is 422 g/mol. The summed E-state index contributed by atoms with van der Waals surface area (Å²) in [6.45, 7) is 9.75. The monoisotopic (exact) mass is 421 g/mol. The van der Waals surface area contributed by atoms with Gasteiger partial charge in [0.15, 0.2) is 0 Å². The summed E-state index contributed by atoms with van der Waals surface area (Å²) in [4.78, 5) is 14.8. The van der Waals surface area contributed by atoms with Gasteiger partial charge in [0.1, 0.15) is 4.21 Å². The van der Waals surface area contributed by atoms with E-state index in [2.05, 4.69) is 17.4 Å². The van der Waals surface area contributed by atoms with Gasteiger partial charge < -0.3 is 5.32 Å². The molecule has 0 saturated carbocycles. The van der Waals surface area contributed by atoms with Crippen LogP contribution < -0.4 is 5.32 Å². The van der Waals surface area contributed by atoms with Gasteiger partial charge in [-0.15, -0.1) is 11.3 Å². The summed E-state index contributed by atoms with van der Waals surface area (Å²) < 4.78 is 27.2. The third-order valence-electron chi connectivity index (χ3n) is 5.21. The highest BCUT2D eigenvalue weighted by molar-refractivity contribution is 7.91. The summed E-state index contributed by atoms with van der Waals surface area (Å²) >= 11 is 1.23. The molecule has 1 N–H and O–H groups in total. The number of carbonyl (C=O) groups excluding carboxylic acids is 1. The lowest BCUT2D eigenvalue weighted by Crippen LogP contribution is -2.53. The van der Waals surface area contributed by atoms with Crippen molar-refractivity contribution in [3.8, 4) is 0 Å². The summed E-state index contributed by atoms with van der Waals surface area (Å²) in [5.41, 5.74) is 4.13. The maximum absolute atomic E-state index is 12.8. The van der Waals surface area contributed by atoms with Gasteiger partial charge in [0.2, 0.25) is 5.91 Å². The van der Waals surface area contributed by atoms with Crippen LogP contribution in [-0.2, 0) is 14.8 Å². The van der Waals surface area contributed by atoms with Crippen LogP contribution >= 0.6 is 11.3 Å². The van der Waals surface area contributed by atoms with E-state index in [1.165, 1.54) is 21.2 Å². The molecule has 1 fully saturated rings. The normalized spacial score (nSPS) is 17.4. The molecule has 2 aromatic rings. The number of aryl methyl sites for hydroxylation is 3. The lowest BCUT2D eigenvalue weighted by atomic mass is 10.0. The number of benzene rings is 1. The number of piperazine rings is 1. The van der Waals surface area contributed by atoms with Crippen molar-refractivity contribution >= 4 is 33.0 Å². The molecule has 152 valence electrons. The number of anilines is 1. The predicted molar refractivity (Wildman–Crippen MR) is 113 cm³/mol. The second-order valence-electron chi connectivity index (χ2n) is 7.31. The van der Waals surface area contributed by atoms with Crippen LogP contribution in [0.1, 0.15) is 23.6 Å². The number of nitrogens with zero attached hydrogens (tertiary/aromatic N) is 2. The zero-order valence-electron chi connectivity index (χ0n) is 16.7. The van der Waals surface area contributed by atoms with Crippen LogP contribution in [0.2, 0.25) is 0 Å². The fourth-order valence-electron chi connectivity index (χ4n) is 3.64. The van der Waals surface area contributed by atoms with Crippen molar-refractivity contribution in [1.82, 2.24) is 9.21 Å². The molecule has 2 heterocycles. The Balaban J connectivity index is 1.62. The molecule has 0 spiro atoms. The van der Waals surface area contributed by atoms with Crippen LogP contribution in [0.4, 0.5) is 5.69 Å². The molecule has 1 aromatic heterocycles. The molecule has 6 nitrogen and oxygen atoms in total. The van der Waals surface area contributed by atoms with E-state index in [1.807, 2.05) is 32.6 Å². The number of hydrogen-bond donors (Lipinski definition) is 1. The van der Waals surface area contributed by atoms with Crippen molar-refractivity contribution in [3.05, 3.63) is 46.3 Å². The van der Waals surface area contributed by atoms with Gasteiger partial charge in [-0.1, -0.05) is 23.8 Å². The average Bonchev–Trinajstić information content (AvgIpc) is 3.19. The number of carbonyl (C=O) groups is 1. The van der Waals surface area contributed by atoms with E-state index in [1.54, 1.807) is 17.5 Å². The smallest absolute Gasteiger partial charge is 0.252 e. The van der Waals surface area contributed by atoms with Gasteiger partial charge in [-0.3, -0.25) is 9.69 Å². The van der Waals surface area contributed by atoms with Crippen LogP contribution in [-0.4, -0.2) is 55.8 Å². The second-order valence-corrected chi connectivity index (χ2v) is 10.4. The Morgan fingerprint density at radius 3 is 2.25 bits per heavy atom. The molecule has 3 rings (SSSR count). The van der Waals surface area contributed by atoms with E-state index in [0.717, 1.165) is 16.8 Å².